The summed E-state index contributed by atoms with van der Waals surface area (Å²) in [6, 6.07) is 15.3. The van der Waals surface area contributed by atoms with Crippen molar-refractivity contribution in [2.24, 2.45) is 0 Å². The van der Waals surface area contributed by atoms with Crippen LogP contribution in [0.25, 0.3) is 0 Å². The first kappa shape index (κ1) is 16.2. The number of thiophene rings is 1. The minimum absolute atomic E-state index is 0.178. The molecule has 5 heteroatoms. The summed E-state index contributed by atoms with van der Waals surface area (Å²) in [5.74, 6) is -0.178. The molecule has 1 amide bonds. The summed E-state index contributed by atoms with van der Waals surface area (Å²) in [4.78, 5) is 25.6. The molecule has 3 aromatic rings. The van der Waals surface area contributed by atoms with Crippen LogP contribution in [0.15, 0.2) is 64.9 Å². The van der Waals surface area contributed by atoms with Crippen LogP contribution in [0, 0.1) is 6.92 Å². The number of aromatic nitrogens is 1. The van der Waals surface area contributed by atoms with Crippen molar-refractivity contribution >= 4 is 22.9 Å². The Balaban J connectivity index is 1.74. The van der Waals surface area contributed by atoms with E-state index in [1.54, 1.807) is 22.9 Å². The van der Waals surface area contributed by atoms with Gasteiger partial charge >= 0.3 is 0 Å². The number of carbonyl (C=O) groups excluding carboxylic acids is 1. The Morgan fingerprint density at radius 2 is 1.92 bits per heavy atom. The van der Waals surface area contributed by atoms with E-state index in [2.05, 4.69) is 5.32 Å². The third-order valence-electron chi connectivity index (χ3n) is 3.68. The third-order valence-corrected chi connectivity index (χ3v) is 4.56. The number of nitrogens with one attached hydrogen (secondary N) is 1. The fourth-order valence-electron chi connectivity index (χ4n) is 2.41. The second kappa shape index (κ2) is 7.27. The zero-order chi connectivity index (χ0) is 16.9. The summed E-state index contributed by atoms with van der Waals surface area (Å²) in [6.45, 7) is 2.51. The number of pyridine rings is 1. The van der Waals surface area contributed by atoms with Crippen molar-refractivity contribution in [3.8, 4) is 0 Å². The Bertz CT molecular complexity index is 880. The van der Waals surface area contributed by atoms with Crippen molar-refractivity contribution in [1.29, 1.82) is 0 Å². The Morgan fingerprint density at radius 3 is 2.62 bits per heavy atom. The number of hydrogen-bond donors (Lipinski definition) is 1. The highest BCUT2D eigenvalue weighted by molar-refractivity contribution is 7.10. The topological polar surface area (TPSA) is 51.1 Å². The first-order valence-electron chi connectivity index (χ1n) is 7.69. The molecule has 0 aliphatic carbocycles. The van der Waals surface area contributed by atoms with Crippen LogP contribution in [0.1, 0.15) is 16.0 Å². The van der Waals surface area contributed by atoms with Gasteiger partial charge in [0.05, 0.1) is 13.0 Å². The van der Waals surface area contributed by atoms with Gasteiger partial charge in [0.1, 0.15) is 5.69 Å². The van der Waals surface area contributed by atoms with Crippen molar-refractivity contribution in [1.82, 2.24) is 4.57 Å². The van der Waals surface area contributed by atoms with E-state index in [4.69, 9.17) is 0 Å². The molecule has 122 valence electrons. The molecular formula is C19H18N2O2S. The Labute approximate surface area is 144 Å². The second-order valence-corrected chi connectivity index (χ2v) is 6.68. The summed E-state index contributed by atoms with van der Waals surface area (Å²) in [5.41, 5.74) is 2.34. The van der Waals surface area contributed by atoms with Crippen LogP contribution in [-0.4, -0.2) is 10.5 Å². The molecule has 24 heavy (non-hydrogen) atoms. The lowest BCUT2D eigenvalue weighted by Crippen LogP contribution is -2.26. The predicted octanol–water partition coefficient (Wildman–Crippen LogP) is 3.45. The first-order valence-corrected chi connectivity index (χ1v) is 8.57. The number of anilines is 1. The highest BCUT2D eigenvalue weighted by atomic mass is 32.1. The van der Waals surface area contributed by atoms with E-state index in [0.29, 0.717) is 12.2 Å². The van der Waals surface area contributed by atoms with E-state index in [0.717, 1.165) is 10.4 Å². The standard InChI is InChI=1S/C19H18N2O2S/c1-14-6-8-15(9-7-14)13-21-10-2-5-17(19(21)23)20-18(22)12-16-4-3-11-24-16/h2-11H,12-13H2,1H3,(H,20,22). The molecule has 0 bridgehead atoms. The number of rotatable bonds is 5. The van der Waals surface area contributed by atoms with Gasteiger partial charge in [-0.05, 0) is 36.1 Å². The normalized spacial score (nSPS) is 10.5. The van der Waals surface area contributed by atoms with E-state index >= 15 is 0 Å². The van der Waals surface area contributed by atoms with Crippen LogP contribution >= 0.6 is 11.3 Å². The van der Waals surface area contributed by atoms with Gasteiger partial charge in [0.15, 0.2) is 0 Å². The largest absolute Gasteiger partial charge is 0.321 e. The van der Waals surface area contributed by atoms with Crippen LogP contribution in [0.4, 0.5) is 5.69 Å². The Morgan fingerprint density at radius 1 is 1.12 bits per heavy atom. The van der Waals surface area contributed by atoms with E-state index in [-0.39, 0.29) is 17.9 Å². The minimum atomic E-state index is -0.197. The summed E-state index contributed by atoms with van der Waals surface area (Å²) >= 11 is 1.53. The summed E-state index contributed by atoms with van der Waals surface area (Å²) in [7, 11) is 0. The molecule has 0 aliphatic rings. The monoisotopic (exact) mass is 338 g/mol. The van der Waals surface area contributed by atoms with E-state index < -0.39 is 0 Å². The number of hydrogen-bond acceptors (Lipinski definition) is 3. The zero-order valence-electron chi connectivity index (χ0n) is 13.4. The molecule has 0 fully saturated rings. The second-order valence-electron chi connectivity index (χ2n) is 5.64. The van der Waals surface area contributed by atoms with Gasteiger partial charge in [0, 0.05) is 11.1 Å². The molecule has 0 unspecified atom stereocenters. The molecule has 3 rings (SSSR count). The van der Waals surface area contributed by atoms with Crippen molar-refractivity contribution in [2.75, 3.05) is 5.32 Å². The molecule has 0 aliphatic heterocycles. The number of carbonyl (C=O) groups is 1. The van der Waals surface area contributed by atoms with Crippen molar-refractivity contribution in [3.05, 3.63) is 86.5 Å². The zero-order valence-corrected chi connectivity index (χ0v) is 14.2. The molecular weight excluding hydrogens is 320 g/mol. The van der Waals surface area contributed by atoms with Gasteiger partial charge in [0.25, 0.3) is 5.56 Å². The molecule has 2 aromatic heterocycles. The summed E-state index contributed by atoms with van der Waals surface area (Å²) in [5, 5.41) is 4.65. The highest BCUT2D eigenvalue weighted by Crippen LogP contribution is 2.10. The fraction of sp³-hybridized carbons (Fsp3) is 0.158. The Kier molecular flexibility index (Phi) is 4.91. The van der Waals surface area contributed by atoms with Gasteiger partial charge in [0.2, 0.25) is 5.91 Å². The van der Waals surface area contributed by atoms with Gasteiger partial charge in [-0.3, -0.25) is 9.59 Å². The van der Waals surface area contributed by atoms with Crippen LogP contribution < -0.4 is 10.9 Å². The lowest BCUT2D eigenvalue weighted by Gasteiger charge is -2.09. The molecule has 1 N–H and O–H groups in total. The van der Waals surface area contributed by atoms with Gasteiger partial charge < -0.3 is 9.88 Å². The molecule has 2 heterocycles. The van der Waals surface area contributed by atoms with Gasteiger partial charge in [-0.25, -0.2) is 0 Å². The lowest BCUT2D eigenvalue weighted by molar-refractivity contribution is -0.115. The van der Waals surface area contributed by atoms with E-state index in [9.17, 15) is 9.59 Å². The molecule has 0 atom stereocenters. The molecule has 0 radical (unpaired) electrons. The summed E-state index contributed by atoms with van der Waals surface area (Å²) in [6.07, 6.45) is 2.01. The third kappa shape index (κ3) is 4.00. The van der Waals surface area contributed by atoms with E-state index in [1.807, 2.05) is 48.7 Å². The predicted molar refractivity (Wildman–Crippen MR) is 97.6 cm³/mol. The summed E-state index contributed by atoms with van der Waals surface area (Å²) < 4.78 is 1.60. The molecule has 1 aromatic carbocycles. The maximum atomic E-state index is 12.5. The number of amides is 1. The maximum Gasteiger partial charge on any atom is 0.274 e. The van der Waals surface area contributed by atoms with Crippen LogP contribution in [0.2, 0.25) is 0 Å². The van der Waals surface area contributed by atoms with Crippen molar-refractivity contribution in [3.63, 3.8) is 0 Å². The first-order chi connectivity index (χ1) is 11.6. The smallest absolute Gasteiger partial charge is 0.274 e. The molecule has 0 spiro atoms. The lowest BCUT2D eigenvalue weighted by atomic mass is 10.1. The highest BCUT2D eigenvalue weighted by Gasteiger charge is 2.09. The van der Waals surface area contributed by atoms with E-state index in [1.165, 1.54) is 16.9 Å². The van der Waals surface area contributed by atoms with Crippen molar-refractivity contribution in [2.45, 2.75) is 19.9 Å². The molecule has 0 saturated carbocycles. The number of benzene rings is 1. The minimum Gasteiger partial charge on any atom is -0.321 e. The SMILES string of the molecule is Cc1ccc(Cn2cccc(NC(=O)Cc3cccs3)c2=O)cc1. The number of nitrogens with zero attached hydrogens (tertiary/aromatic N) is 1. The van der Waals surface area contributed by atoms with Crippen LogP contribution in [-0.2, 0) is 17.8 Å². The van der Waals surface area contributed by atoms with Crippen LogP contribution in [0.5, 0.6) is 0 Å². The van der Waals surface area contributed by atoms with Crippen molar-refractivity contribution < 1.29 is 4.79 Å². The number of aryl methyl sites for hydroxylation is 1. The Hall–Kier alpha value is -2.66. The molecule has 0 saturated heterocycles. The quantitative estimate of drug-likeness (QED) is 0.775. The fourth-order valence-corrected chi connectivity index (χ4v) is 3.12. The van der Waals surface area contributed by atoms with Gasteiger partial charge in [-0.1, -0.05) is 35.9 Å². The van der Waals surface area contributed by atoms with Gasteiger partial charge in [-0.2, -0.15) is 0 Å². The average Bonchev–Trinajstić information content (AvgIpc) is 3.06. The molecule has 4 nitrogen and oxygen atoms in total. The van der Waals surface area contributed by atoms with Gasteiger partial charge in [-0.15, -0.1) is 11.3 Å². The average molecular weight is 338 g/mol. The maximum absolute atomic E-state index is 12.5. The van der Waals surface area contributed by atoms with Crippen LogP contribution in [0.3, 0.4) is 0 Å².